The molecule has 0 saturated carbocycles. The van der Waals surface area contributed by atoms with Crippen LogP contribution in [0.5, 0.6) is 0 Å². The summed E-state index contributed by atoms with van der Waals surface area (Å²) in [6.45, 7) is 0.773. The largest absolute Gasteiger partial charge is 0.481 e. The van der Waals surface area contributed by atoms with Crippen LogP contribution in [0.15, 0.2) is 54.6 Å². The van der Waals surface area contributed by atoms with Crippen LogP contribution in [-0.4, -0.2) is 26.6 Å². The highest BCUT2D eigenvalue weighted by atomic mass is 16.4. The molecule has 4 atom stereocenters. The maximum absolute atomic E-state index is 11.5. The van der Waals surface area contributed by atoms with Crippen molar-refractivity contribution in [2.45, 2.75) is 37.9 Å². The SMILES string of the molecule is Cn1c2c(c3ccccc31)C[C@H]1[C@@H](C#N)[C@H](CC(=O)O)C[C@@H]2N1Cc1ccccc1. The number of nitriles is 1. The molecule has 5 nitrogen and oxygen atoms in total. The van der Waals surface area contributed by atoms with Gasteiger partial charge in [-0.1, -0.05) is 48.5 Å². The number of piperidine rings is 1. The molecule has 5 rings (SSSR count). The highest BCUT2D eigenvalue weighted by molar-refractivity contribution is 5.86. The Morgan fingerprint density at radius 2 is 1.90 bits per heavy atom. The van der Waals surface area contributed by atoms with Gasteiger partial charge in [-0.15, -0.1) is 0 Å². The summed E-state index contributed by atoms with van der Waals surface area (Å²) in [7, 11) is 2.12. The number of benzene rings is 2. The highest BCUT2D eigenvalue weighted by Gasteiger charge is 2.49. The lowest BCUT2D eigenvalue weighted by atomic mass is 9.69. The second-order valence-corrected chi connectivity index (χ2v) is 8.63. The lowest BCUT2D eigenvalue weighted by Gasteiger charge is -2.51. The minimum absolute atomic E-state index is 0.0246. The quantitative estimate of drug-likeness (QED) is 0.711. The smallest absolute Gasteiger partial charge is 0.303 e. The number of hydrogen-bond acceptors (Lipinski definition) is 3. The minimum atomic E-state index is -0.813. The summed E-state index contributed by atoms with van der Waals surface area (Å²) in [6, 6.07) is 21.5. The first kappa shape index (κ1) is 18.9. The molecule has 2 bridgehead atoms. The van der Waals surface area contributed by atoms with E-state index in [-0.39, 0.29) is 30.3 Å². The van der Waals surface area contributed by atoms with Crippen molar-refractivity contribution in [3.8, 4) is 6.07 Å². The first-order valence-corrected chi connectivity index (χ1v) is 10.6. The van der Waals surface area contributed by atoms with E-state index in [1.165, 1.54) is 27.7 Å². The number of hydrogen-bond donors (Lipinski definition) is 1. The van der Waals surface area contributed by atoms with E-state index < -0.39 is 5.97 Å². The summed E-state index contributed by atoms with van der Waals surface area (Å²) in [4.78, 5) is 14.0. The number of aliphatic carboxylic acids is 1. The molecule has 30 heavy (non-hydrogen) atoms. The first-order chi connectivity index (χ1) is 14.6. The molecular weight excluding hydrogens is 374 g/mol. The Hall–Kier alpha value is -3.10. The Balaban J connectivity index is 1.65. The number of carboxylic acid groups (broad SMARTS) is 1. The number of carbonyl (C=O) groups is 1. The molecule has 0 amide bonds. The average Bonchev–Trinajstić information content (AvgIpc) is 3.02. The van der Waals surface area contributed by atoms with E-state index in [2.05, 4.69) is 59.0 Å². The maximum atomic E-state index is 11.5. The fourth-order valence-corrected chi connectivity index (χ4v) is 5.82. The predicted molar refractivity (Wildman–Crippen MR) is 115 cm³/mol. The first-order valence-electron chi connectivity index (χ1n) is 10.6. The van der Waals surface area contributed by atoms with Crippen molar-refractivity contribution in [1.82, 2.24) is 9.47 Å². The van der Waals surface area contributed by atoms with Crippen molar-refractivity contribution in [1.29, 1.82) is 5.26 Å². The van der Waals surface area contributed by atoms with Crippen LogP contribution in [0.3, 0.4) is 0 Å². The Kier molecular flexibility index (Phi) is 4.60. The summed E-state index contributed by atoms with van der Waals surface area (Å²) in [5, 5.41) is 20.8. The molecular formula is C25H25N3O2. The lowest BCUT2D eigenvalue weighted by Crippen LogP contribution is -2.54. The van der Waals surface area contributed by atoms with Crippen molar-refractivity contribution >= 4 is 16.9 Å². The van der Waals surface area contributed by atoms with Crippen LogP contribution in [0.25, 0.3) is 10.9 Å². The van der Waals surface area contributed by atoms with Crippen molar-refractivity contribution in [2.24, 2.45) is 18.9 Å². The number of nitrogens with zero attached hydrogens (tertiary/aromatic N) is 3. The van der Waals surface area contributed by atoms with E-state index in [0.717, 1.165) is 13.0 Å². The molecule has 1 saturated heterocycles. The van der Waals surface area contributed by atoms with Gasteiger partial charge in [0.15, 0.2) is 0 Å². The molecule has 2 aliphatic heterocycles. The van der Waals surface area contributed by atoms with Crippen LogP contribution in [0.2, 0.25) is 0 Å². The standard InChI is InChI=1S/C25H25N3O2/c1-27-21-10-6-5-9-18(21)19-13-22-20(14-26)17(12-24(29)30)11-23(25(19)27)28(22)15-16-7-3-2-4-8-16/h2-10,17,20,22-23H,11-13,15H2,1H3,(H,29,30)/t17-,20-,22-,23-/m0/s1. The van der Waals surface area contributed by atoms with Gasteiger partial charge in [0, 0.05) is 42.7 Å². The summed E-state index contributed by atoms with van der Waals surface area (Å²) < 4.78 is 2.29. The normalized spacial score (nSPS) is 25.6. The molecule has 3 aromatic rings. The monoisotopic (exact) mass is 399 g/mol. The Morgan fingerprint density at radius 1 is 1.17 bits per heavy atom. The fraction of sp³-hybridized carbons (Fsp3) is 0.360. The van der Waals surface area contributed by atoms with Crippen molar-refractivity contribution < 1.29 is 9.90 Å². The fourth-order valence-electron chi connectivity index (χ4n) is 5.82. The molecule has 3 heterocycles. The molecule has 0 unspecified atom stereocenters. The van der Waals surface area contributed by atoms with Gasteiger partial charge < -0.3 is 9.67 Å². The van der Waals surface area contributed by atoms with Gasteiger partial charge in [0.25, 0.3) is 0 Å². The van der Waals surface area contributed by atoms with Gasteiger partial charge in [0.1, 0.15) is 0 Å². The summed E-state index contributed by atoms with van der Waals surface area (Å²) in [5.74, 6) is -1.22. The molecule has 0 spiro atoms. The molecule has 2 aliphatic rings. The van der Waals surface area contributed by atoms with E-state index in [4.69, 9.17) is 0 Å². The molecule has 152 valence electrons. The highest BCUT2D eigenvalue weighted by Crippen LogP contribution is 2.50. The molecule has 0 radical (unpaired) electrons. The van der Waals surface area contributed by atoms with Crippen molar-refractivity contribution in [3.05, 3.63) is 71.4 Å². The number of rotatable bonds is 4. The van der Waals surface area contributed by atoms with Gasteiger partial charge in [0.2, 0.25) is 0 Å². The van der Waals surface area contributed by atoms with Crippen LogP contribution in [0.4, 0.5) is 0 Å². The van der Waals surface area contributed by atoms with Gasteiger partial charge >= 0.3 is 5.97 Å². The van der Waals surface area contributed by atoms with Crippen molar-refractivity contribution in [2.75, 3.05) is 0 Å². The van der Waals surface area contributed by atoms with E-state index in [1.807, 2.05) is 18.2 Å². The van der Waals surface area contributed by atoms with Gasteiger partial charge in [-0.25, -0.2) is 0 Å². The lowest BCUT2D eigenvalue weighted by molar-refractivity contribution is -0.139. The van der Waals surface area contributed by atoms with Gasteiger partial charge in [-0.3, -0.25) is 9.69 Å². The van der Waals surface area contributed by atoms with E-state index >= 15 is 0 Å². The second kappa shape index (κ2) is 7.30. The zero-order valence-electron chi connectivity index (χ0n) is 17.0. The molecule has 1 aromatic heterocycles. The Bertz CT molecular complexity index is 1140. The van der Waals surface area contributed by atoms with Crippen LogP contribution < -0.4 is 0 Å². The number of aromatic nitrogens is 1. The third-order valence-electron chi connectivity index (χ3n) is 7.06. The van der Waals surface area contributed by atoms with Gasteiger partial charge in [-0.05, 0) is 36.0 Å². The second-order valence-electron chi connectivity index (χ2n) is 8.63. The average molecular weight is 399 g/mol. The zero-order valence-corrected chi connectivity index (χ0v) is 17.0. The van der Waals surface area contributed by atoms with E-state index in [1.54, 1.807) is 0 Å². The summed E-state index contributed by atoms with van der Waals surface area (Å²) >= 11 is 0. The van der Waals surface area contributed by atoms with Crippen LogP contribution >= 0.6 is 0 Å². The molecule has 2 aromatic carbocycles. The van der Waals surface area contributed by atoms with Crippen LogP contribution in [0.1, 0.15) is 35.7 Å². The molecule has 1 N–H and O–H groups in total. The zero-order chi connectivity index (χ0) is 20.8. The molecule has 1 fully saturated rings. The maximum Gasteiger partial charge on any atom is 0.303 e. The third-order valence-corrected chi connectivity index (χ3v) is 7.06. The number of aryl methyl sites for hydroxylation is 1. The number of carboxylic acids is 1. The van der Waals surface area contributed by atoms with E-state index in [9.17, 15) is 15.2 Å². The minimum Gasteiger partial charge on any atom is -0.481 e. The number of para-hydroxylation sites is 1. The molecule has 5 heteroatoms. The number of fused-ring (bicyclic) bond motifs is 6. The van der Waals surface area contributed by atoms with E-state index in [0.29, 0.717) is 6.42 Å². The van der Waals surface area contributed by atoms with Gasteiger partial charge in [0.05, 0.1) is 18.0 Å². The topological polar surface area (TPSA) is 69.3 Å². The summed E-state index contributed by atoms with van der Waals surface area (Å²) in [6.07, 6.45) is 1.54. The Labute approximate surface area is 176 Å². The van der Waals surface area contributed by atoms with Gasteiger partial charge in [-0.2, -0.15) is 5.26 Å². The third kappa shape index (κ3) is 2.91. The van der Waals surface area contributed by atoms with Crippen molar-refractivity contribution in [3.63, 3.8) is 0 Å². The summed E-state index contributed by atoms with van der Waals surface area (Å²) in [5.41, 5.74) is 5.05. The predicted octanol–water partition coefficient (Wildman–Crippen LogP) is 4.28. The van der Waals surface area contributed by atoms with Crippen LogP contribution in [0, 0.1) is 23.2 Å². The van der Waals surface area contributed by atoms with Crippen LogP contribution in [-0.2, 0) is 24.8 Å². The Morgan fingerprint density at radius 3 is 2.63 bits per heavy atom. The molecule has 0 aliphatic carbocycles.